The fourth-order valence-corrected chi connectivity index (χ4v) is 4.72. The number of para-hydroxylation sites is 1. The van der Waals surface area contributed by atoms with Crippen molar-refractivity contribution in [3.63, 3.8) is 0 Å². The number of methoxy groups -OCH3 is 1. The molecule has 1 amide bonds. The van der Waals surface area contributed by atoms with Gasteiger partial charge < -0.3 is 9.64 Å². The fraction of sp³-hybridized carbons (Fsp3) is 0.423. The Hall–Kier alpha value is -3.75. The number of fused-ring (bicyclic) bond motifs is 1. The topological polar surface area (TPSA) is 104 Å². The zero-order valence-electron chi connectivity index (χ0n) is 19.7. The van der Waals surface area contributed by atoms with Gasteiger partial charge in [-0.25, -0.2) is 23.7 Å². The Kier molecular flexibility index (Phi) is 6.23. The lowest BCUT2D eigenvalue weighted by molar-refractivity contribution is -0.131. The summed E-state index contributed by atoms with van der Waals surface area (Å²) in [6.45, 7) is 0.812. The molecule has 3 aromatic rings. The number of benzene rings is 1. The molecular weight excluding hydrogens is 448 g/mol. The van der Waals surface area contributed by atoms with Gasteiger partial charge in [0.1, 0.15) is 6.54 Å². The van der Waals surface area contributed by atoms with Crippen LogP contribution in [0, 0.1) is 0 Å². The molecule has 9 nitrogen and oxygen atoms in total. The number of ether oxygens (including phenoxy) is 1. The molecule has 2 aromatic heterocycles. The number of hydrogen-bond acceptors (Lipinski definition) is 6. The van der Waals surface area contributed by atoms with Gasteiger partial charge in [-0.3, -0.25) is 9.59 Å². The first-order chi connectivity index (χ1) is 17.0. The van der Waals surface area contributed by atoms with E-state index in [2.05, 4.69) is 4.98 Å². The maximum Gasteiger partial charge on any atom is 0.338 e. The number of carbonyl (C=O) groups excluding carboxylic acids is 2. The Morgan fingerprint density at radius 3 is 2.34 bits per heavy atom. The highest BCUT2D eigenvalue weighted by atomic mass is 16.5. The fourth-order valence-electron chi connectivity index (χ4n) is 4.72. The van der Waals surface area contributed by atoms with Crippen LogP contribution in [-0.4, -0.2) is 51.1 Å². The number of likely N-dealkylation sites (tertiary alicyclic amines) is 1. The summed E-state index contributed by atoms with van der Waals surface area (Å²) in [4.78, 5) is 59.7. The molecule has 5 rings (SSSR count). The first kappa shape index (κ1) is 23.0. The van der Waals surface area contributed by atoms with E-state index in [-0.39, 0.29) is 28.4 Å². The summed E-state index contributed by atoms with van der Waals surface area (Å²) in [6, 6.07) is 10.4. The Morgan fingerprint density at radius 2 is 1.71 bits per heavy atom. The standard InChI is InChI=1S/C26H28N4O5/c1-35-25(33)19-15-20(17-11-12-17)27-23-22(19)24(32)29(16-21(31)28-13-7-2-3-8-14-28)26(34)30(23)18-9-5-4-6-10-18/h4-6,9-10,15,17H,2-3,7-8,11-14,16H2,1H3. The summed E-state index contributed by atoms with van der Waals surface area (Å²) in [6.07, 6.45) is 5.75. The van der Waals surface area contributed by atoms with Crippen LogP contribution in [0.3, 0.4) is 0 Å². The van der Waals surface area contributed by atoms with Gasteiger partial charge in [-0.15, -0.1) is 0 Å². The van der Waals surface area contributed by atoms with Gasteiger partial charge in [0, 0.05) is 24.7 Å². The molecule has 0 spiro atoms. The molecule has 2 fully saturated rings. The van der Waals surface area contributed by atoms with Crippen molar-refractivity contribution in [2.75, 3.05) is 20.2 Å². The van der Waals surface area contributed by atoms with Crippen molar-refractivity contribution in [3.8, 4) is 5.69 Å². The van der Waals surface area contributed by atoms with E-state index in [9.17, 15) is 19.2 Å². The van der Waals surface area contributed by atoms with E-state index in [1.54, 1.807) is 35.2 Å². The Balaban J connectivity index is 1.76. The number of pyridine rings is 1. The molecule has 1 aromatic carbocycles. The van der Waals surface area contributed by atoms with E-state index in [4.69, 9.17) is 4.74 Å². The van der Waals surface area contributed by atoms with Crippen molar-refractivity contribution in [3.05, 3.63) is 68.5 Å². The molecule has 0 atom stereocenters. The van der Waals surface area contributed by atoms with Crippen LogP contribution in [0.4, 0.5) is 0 Å². The number of hydrogen-bond donors (Lipinski definition) is 0. The van der Waals surface area contributed by atoms with Crippen LogP contribution in [0.15, 0.2) is 46.0 Å². The molecule has 9 heteroatoms. The van der Waals surface area contributed by atoms with Crippen LogP contribution in [0.2, 0.25) is 0 Å². The molecule has 2 aliphatic rings. The largest absolute Gasteiger partial charge is 0.465 e. The summed E-state index contributed by atoms with van der Waals surface area (Å²) >= 11 is 0. The SMILES string of the molecule is COC(=O)c1cc(C2CC2)nc2c1c(=O)n(CC(=O)N1CCCCCC1)c(=O)n2-c1ccccc1. The highest BCUT2D eigenvalue weighted by Gasteiger charge is 2.30. The monoisotopic (exact) mass is 476 g/mol. The highest BCUT2D eigenvalue weighted by Crippen LogP contribution is 2.40. The molecular formula is C26H28N4O5. The van der Waals surface area contributed by atoms with Crippen molar-refractivity contribution in [2.24, 2.45) is 0 Å². The van der Waals surface area contributed by atoms with Crippen molar-refractivity contribution < 1.29 is 14.3 Å². The summed E-state index contributed by atoms with van der Waals surface area (Å²) < 4.78 is 7.23. The zero-order valence-corrected chi connectivity index (χ0v) is 19.7. The lowest BCUT2D eigenvalue weighted by Crippen LogP contribution is -2.45. The van der Waals surface area contributed by atoms with E-state index >= 15 is 0 Å². The smallest absolute Gasteiger partial charge is 0.338 e. The van der Waals surface area contributed by atoms with Crippen molar-refractivity contribution in [2.45, 2.75) is 51.0 Å². The highest BCUT2D eigenvalue weighted by molar-refractivity contribution is 6.02. The second kappa shape index (κ2) is 9.48. The lowest BCUT2D eigenvalue weighted by Gasteiger charge is -2.21. The van der Waals surface area contributed by atoms with Gasteiger partial charge in [-0.1, -0.05) is 31.0 Å². The zero-order chi connectivity index (χ0) is 24.5. The number of nitrogens with zero attached hydrogens (tertiary/aromatic N) is 4. The Bertz CT molecular complexity index is 1400. The minimum atomic E-state index is -0.712. The molecule has 0 unspecified atom stereocenters. The minimum Gasteiger partial charge on any atom is -0.465 e. The summed E-state index contributed by atoms with van der Waals surface area (Å²) in [5.41, 5.74) is -0.0576. The molecule has 182 valence electrons. The van der Waals surface area contributed by atoms with Gasteiger partial charge in [0.2, 0.25) is 5.91 Å². The maximum atomic E-state index is 13.7. The van der Waals surface area contributed by atoms with E-state index in [0.29, 0.717) is 24.5 Å². The van der Waals surface area contributed by atoms with Crippen molar-refractivity contribution in [1.29, 1.82) is 0 Å². The number of carbonyl (C=O) groups is 2. The third-order valence-electron chi connectivity index (χ3n) is 6.78. The first-order valence-corrected chi connectivity index (χ1v) is 12.1. The molecule has 0 radical (unpaired) electrons. The van der Waals surface area contributed by atoms with Crippen LogP contribution >= 0.6 is 0 Å². The molecule has 1 saturated heterocycles. The average molecular weight is 477 g/mol. The lowest BCUT2D eigenvalue weighted by atomic mass is 10.1. The number of esters is 1. The predicted molar refractivity (Wildman–Crippen MR) is 130 cm³/mol. The van der Waals surface area contributed by atoms with Gasteiger partial charge in [-0.2, -0.15) is 0 Å². The van der Waals surface area contributed by atoms with Crippen LogP contribution in [0.5, 0.6) is 0 Å². The Labute approximate surface area is 202 Å². The van der Waals surface area contributed by atoms with Crippen LogP contribution in [0.1, 0.15) is 60.5 Å². The van der Waals surface area contributed by atoms with Crippen LogP contribution in [0.25, 0.3) is 16.7 Å². The average Bonchev–Trinajstić information content (AvgIpc) is 3.73. The van der Waals surface area contributed by atoms with Gasteiger partial charge in [-0.05, 0) is 43.9 Å². The number of rotatable bonds is 5. The van der Waals surface area contributed by atoms with Gasteiger partial charge in [0.15, 0.2) is 5.65 Å². The summed E-state index contributed by atoms with van der Waals surface area (Å²) in [5.74, 6) is -0.790. The minimum absolute atomic E-state index is 0.0200. The van der Waals surface area contributed by atoms with Gasteiger partial charge >= 0.3 is 11.7 Å². The third-order valence-corrected chi connectivity index (χ3v) is 6.78. The number of amides is 1. The van der Waals surface area contributed by atoms with Crippen LogP contribution < -0.4 is 11.2 Å². The van der Waals surface area contributed by atoms with Crippen LogP contribution in [-0.2, 0) is 16.1 Å². The molecule has 1 aliphatic carbocycles. The summed E-state index contributed by atoms with van der Waals surface area (Å²) in [7, 11) is 1.25. The summed E-state index contributed by atoms with van der Waals surface area (Å²) in [5, 5.41) is -0.0200. The normalized spacial score (nSPS) is 16.2. The van der Waals surface area contributed by atoms with Gasteiger partial charge in [0.05, 0.1) is 23.7 Å². The Morgan fingerprint density at radius 1 is 1.03 bits per heavy atom. The van der Waals surface area contributed by atoms with Crippen molar-refractivity contribution in [1.82, 2.24) is 19.0 Å². The molecule has 35 heavy (non-hydrogen) atoms. The first-order valence-electron chi connectivity index (χ1n) is 12.1. The number of aromatic nitrogens is 3. The molecule has 1 saturated carbocycles. The van der Waals surface area contributed by atoms with E-state index in [1.807, 2.05) is 6.07 Å². The van der Waals surface area contributed by atoms with E-state index in [0.717, 1.165) is 43.1 Å². The van der Waals surface area contributed by atoms with E-state index in [1.165, 1.54) is 11.7 Å². The molecule has 3 heterocycles. The maximum absolute atomic E-state index is 13.7. The third kappa shape index (κ3) is 4.38. The molecule has 0 bridgehead atoms. The second-order valence-corrected chi connectivity index (χ2v) is 9.20. The molecule has 0 N–H and O–H groups in total. The quantitative estimate of drug-likeness (QED) is 0.525. The second-order valence-electron chi connectivity index (χ2n) is 9.20. The predicted octanol–water partition coefficient (Wildman–Crippen LogP) is 2.61. The molecule has 1 aliphatic heterocycles. The van der Waals surface area contributed by atoms with Gasteiger partial charge in [0.25, 0.3) is 5.56 Å². The van der Waals surface area contributed by atoms with Crippen molar-refractivity contribution >= 4 is 22.9 Å². The van der Waals surface area contributed by atoms with E-state index < -0.39 is 23.8 Å².